The first kappa shape index (κ1) is 11.9. The second-order valence-corrected chi connectivity index (χ2v) is 4.47. The van der Waals surface area contributed by atoms with Crippen LogP contribution in [0.4, 0.5) is 5.69 Å². The molecule has 0 aliphatic rings. The summed E-state index contributed by atoms with van der Waals surface area (Å²) in [4.78, 5) is 4.39. The van der Waals surface area contributed by atoms with Crippen molar-refractivity contribution in [3.8, 4) is 17.2 Å². The van der Waals surface area contributed by atoms with Crippen molar-refractivity contribution >= 4 is 28.4 Å². The molecule has 2 N–H and O–H groups in total. The fraction of sp³-hybridized carbons (Fsp3) is 0.0714. The predicted molar refractivity (Wildman–Crippen MR) is 75.4 cm³/mol. The topological polar surface area (TPSA) is 61.3 Å². The van der Waals surface area contributed by atoms with Crippen LogP contribution in [-0.2, 0) is 0 Å². The summed E-state index contributed by atoms with van der Waals surface area (Å²) >= 11 is 6.07. The Kier molecular flexibility index (Phi) is 2.80. The van der Waals surface area contributed by atoms with Gasteiger partial charge in [0.25, 0.3) is 0 Å². The van der Waals surface area contributed by atoms with E-state index >= 15 is 0 Å². The van der Waals surface area contributed by atoms with Gasteiger partial charge in [-0.15, -0.1) is 0 Å². The van der Waals surface area contributed by atoms with Gasteiger partial charge in [-0.3, -0.25) is 0 Å². The van der Waals surface area contributed by atoms with Crippen LogP contribution in [-0.4, -0.2) is 12.1 Å². The molecule has 5 heteroatoms. The normalized spacial score (nSPS) is 10.8. The van der Waals surface area contributed by atoms with E-state index in [1.54, 1.807) is 31.4 Å². The third-order valence-electron chi connectivity index (χ3n) is 2.86. The summed E-state index contributed by atoms with van der Waals surface area (Å²) in [6.07, 6.45) is 0. The number of hydrogen-bond acceptors (Lipinski definition) is 4. The number of rotatable bonds is 2. The number of oxazole rings is 1. The molecule has 1 heterocycles. The lowest BCUT2D eigenvalue weighted by Gasteiger charge is -2.04. The number of methoxy groups -OCH3 is 1. The first-order valence-corrected chi connectivity index (χ1v) is 6.06. The molecule has 96 valence electrons. The van der Waals surface area contributed by atoms with E-state index < -0.39 is 0 Å². The van der Waals surface area contributed by atoms with E-state index in [2.05, 4.69) is 4.98 Å². The maximum absolute atomic E-state index is 6.07. The van der Waals surface area contributed by atoms with E-state index in [4.69, 9.17) is 26.5 Å². The zero-order valence-corrected chi connectivity index (χ0v) is 10.9. The molecule has 3 rings (SSSR count). The van der Waals surface area contributed by atoms with Gasteiger partial charge in [-0.25, -0.2) is 4.98 Å². The highest BCUT2D eigenvalue weighted by molar-refractivity contribution is 6.34. The van der Waals surface area contributed by atoms with Gasteiger partial charge in [-0.05, 0) is 30.3 Å². The first-order chi connectivity index (χ1) is 9.19. The van der Waals surface area contributed by atoms with Crippen molar-refractivity contribution in [2.24, 2.45) is 0 Å². The number of benzene rings is 2. The molecule has 0 saturated carbocycles. The van der Waals surface area contributed by atoms with Gasteiger partial charge >= 0.3 is 0 Å². The Balaban J connectivity index is 2.21. The van der Waals surface area contributed by atoms with E-state index in [0.717, 1.165) is 0 Å². The summed E-state index contributed by atoms with van der Waals surface area (Å²) in [7, 11) is 1.60. The van der Waals surface area contributed by atoms with Crippen LogP contribution in [0, 0.1) is 0 Å². The van der Waals surface area contributed by atoms with Crippen molar-refractivity contribution in [2.75, 3.05) is 12.8 Å². The Labute approximate surface area is 114 Å². The zero-order valence-electron chi connectivity index (χ0n) is 10.2. The SMILES string of the molecule is COc1ccc(N)c(-c2nc3cccc(Cl)c3o2)c1. The first-order valence-electron chi connectivity index (χ1n) is 5.68. The minimum Gasteiger partial charge on any atom is -0.497 e. The number of nitrogens with two attached hydrogens (primary N) is 1. The third-order valence-corrected chi connectivity index (χ3v) is 3.16. The molecule has 0 bridgehead atoms. The monoisotopic (exact) mass is 274 g/mol. The minimum absolute atomic E-state index is 0.430. The van der Waals surface area contributed by atoms with Gasteiger partial charge in [-0.1, -0.05) is 17.7 Å². The molecule has 19 heavy (non-hydrogen) atoms. The van der Waals surface area contributed by atoms with Crippen LogP contribution in [0.2, 0.25) is 5.02 Å². The lowest BCUT2D eigenvalue weighted by molar-refractivity contribution is 0.415. The molecule has 0 saturated heterocycles. The quantitative estimate of drug-likeness (QED) is 0.723. The standard InChI is InChI=1S/C14H11ClN2O2/c1-18-8-5-6-11(16)9(7-8)14-17-12-4-2-3-10(15)13(12)19-14/h2-7H,16H2,1H3. The van der Waals surface area contributed by atoms with Crippen molar-refractivity contribution in [3.05, 3.63) is 41.4 Å². The highest BCUT2D eigenvalue weighted by Crippen LogP contribution is 2.33. The summed E-state index contributed by atoms with van der Waals surface area (Å²) in [6, 6.07) is 10.7. The van der Waals surface area contributed by atoms with Crippen molar-refractivity contribution in [1.82, 2.24) is 4.98 Å². The third kappa shape index (κ3) is 2.00. The minimum atomic E-state index is 0.430. The molecule has 2 aromatic carbocycles. The van der Waals surface area contributed by atoms with Crippen LogP contribution in [0.25, 0.3) is 22.6 Å². The lowest BCUT2D eigenvalue weighted by atomic mass is 10.1. The molecule has 0 aliphatic heterocycles. The van der Waals surface area contributed by atoms with Gasteiger partial charge in [0.05, 0.1) is 17.7 Å². The smallest absolute Gasteiger partial charge is 0.229 e. The predicted octanol–water partition coefficient (Wildman–Crippen LogP) is 3.74. The van der Waals surface area contributed by atoms with Gasteiger partial charge in [0.1, 0.15) is 11.3 Å². The molecule has 0 aliphatic carbocycles. The molecular formula is C14H11ClN2O2. The fourth-order valence-electron chi connectivity index (χ4n) is 1.88. The number of nitrogens with zero attached hydrogens (tertiary/aromatic N) is 1. The molecule has 0 spiro atoms. The highest BCUT2D eigenvalue weighted by Gasteiger charge is 2.13. The van der Waals surface area contributed by atoms with E-state index in [1.165, 1.54) is 0 Å². The van der Waals surface area contributed by atoms with E-state index in [-0.39, 0.29) is 0 Å². The van der Waals surface area contributed by atoms with Gasteiger partial charge in [0, 0.05) is 5.69 Å². The fourth-order valence-corrected chi connectivity index (χ4v) is 2.09. The van der Waals surface area contributed by atoms with Gasteiger partial charge in [0.15, 0.2) is 5.58 Å². The summed E-state index contributed by atoms with van der Waals surface area (Å²) in [5.74, 6) is 1.12. The van der Waals surface area contributed by atoms with E-state index in [1.807, 2.05) is 12.1 Å². The molecule has 4 nitrogen and oxygen atoms in total. The highest BCUT2D eigenvalue weighted by atomic mass is 35.5. The van der Waals surface area contributed by atoms with E-state index in [0.29, 0.717) is 39.0 Å². The lowest BCUT2D eigenvalue weighted by Crippen LogP contribution is -1.91. The van der Waals surface area contributed by atoms with Crippen LogP contribution in [0.5, 0.6) is 5.75 Å². The molecule has 0 fully saturated rings. The number of para-hydroxylation sites is 1. The van der Waals surface area contributed by atoms with Crippen molar-refractivity contribution in [1.29, 1.82) is 0 Å². The number of anilines is 1. The van der Waals surface area contributed by atoms with Crippen molar-refractivity contribution in [3.63, 3.8) is 0 Å². The second-order valence-electron chi connectivity index (χ2n) is 4.06. The second kappa shape index (κ2) is 4.48. The van der Waals surface area contributed by atoms with Crippen LogP contribution >= 0.6 is 11.6 Å². The van der Waals surface area contributed by atoms with Gasteiger partial charge in [-0.2, -0.15) is 0 Å². The largest absolute Gasteiger partial charge is 0.497 e. The molecular weight excluding hydrogens is 264 g/mol. The maximum Gasteiger partial charge on any atom is 0.229 e. The summed E-state index contributed by atoms with van der Waals surface area (Å²) in [6.45, 7) is 0. The Morgan fingerprint density at radius 2 is 2.11 bits per heavy atom. The zero-order chi connectivity index (χ0) is 13.4. The average Bonchev–Trinajstić information content (AvgIpc) is 2.84. The average molecular weight is 275 g/mol. The summed E-state index contributed by atoms with van der Waals surface area (Å²) in [5.41, 5.74) is 8.46. The molecule has 1 aromatic heterocycles. The van der Waals surface area contributed by atoms with Gasteiger partial charge in [0.2, 0.25) is 5.89 Å². The molecule has 0 atom stereocenters. The number of hydrogen-bond donors (Lipinski definition) is 1. The van der Waals surface area contributed by atoms with E-state index in [9.17, 15) is 0 Å². The van der Waals surface area contributed by atoms with Crippen molar-refractivity contribution < 1.29 is 9.15 Å². The van der Waals surface area contributed by atoms with Crippen LogP contribution in [0.3, 0.4) is 0 Å². The number of fused-ring (bicyclic) bond motifs is 1. The number of nitrogen functional groups attached to an aromatic ring is 1. The maximum atomic E-state index is 6.07. The summed E-state index contributed by atoms with van der Waals surface area (Å²) < 4.78 is 10.9. The number of aromatic nitrogens is 1. The molecule has 0 amide bonds. The molecule has 0 unspecified atom stereocenters. The van der Waals surface area contributed by atoms with Crippen molar-refractivity contribution in [2.45, 2.75) is 0 Å². The molecule has 3 aromatic rings. The molecule has 0 radical (unpaired) electrons. The Hall–Kier alpha value is -2.20. The number of halogens is 1. The Morgan fingerprint density at radius 3 is 2.84 bits per heavy atom. The van der Waals surface area contributed by atoms with Gasteiger partial charge < -0.3 is 14.9 Å². The number of ether oxygens (including phenoxy) is 1. The van der Waals surface area contributed by atoms with Crippen LogP contribution < -0.4 is 10.5 Å². The Morgan fingerprint density at radius 1 is 1.26 bits per heavy atom. The van der Waals surface area contributed by atoms with Crippen LogP contribution in [0.15, 0.2) is 40.8 Å². The Bertz CT molecular complexity index is 752. The van der Waals surface area contributed by atoms with Crippen LogP contribution in [0.1, 0.15) is 0 Å². The summed E-state index contributed by atoms with van der Waals surface area (Å²) in [5, 5.41) is 0.526.